The summed E-state index contributed by atoms with van der Waals surface area (Å²) >= 11 is 0. The second-order valence-corrected chi connectivity index (χ2v) is 7.33. The fourth-order valence-corrected chi connectivity index (χ4v) is 2.56. The third kappa shape index (κ3) is 3.70. The van der Waals surface area contributed by atoms with E-state index in [2.05, 4.69) is 13.8 Å². The van der Waals surface area contributed by atoms with Crippen LogP contribution in [0.1, 0.15) is 53.9 Å². The summed E-state index contributed by atoms with van der Waals surface area (Å²) in [6.45, 7) is 11.3. The van der Waals surface area contributed by atoms with E-state index in [4.69, 9.17) is 10.5 Å². The minimum atomic E-state index is -0.411. The summed E-state index contributed by atoms with van der Waals surface area (Å²) < 4.78 is 5.45. The molecule has 1 aliphatic carbocycles. The second kappa shape index (κ2) is 4.60. The number of esters is 1. The van der Waals surface area contributed by atoms with Crippen molar-refractivity contribution in [2.24, 2.45) is 22.0 Å². The van der Waals surface area contributed by atoms with Crippen LogP contribution in [-0.4, -0.2) is 19.1 Å². The molecule has 3 heteroatoms. The van der Waals surface area contributed by atoms with Crippen LogP contribution in [0.5, 0.6) is 0 Å². The second-order valence-electron chi connectivity index (χ2n) is 7.33. The van der Waals surface area contributed by atoms with E-state index in [9.17, 15) is 4.79 Å². The van der Waals surface area contributed by atoms with Crippen LogP contribution >= 0.6 is 0 Å². The standard InChI is InChI=1S/C14H27NO2/c1-12(2,3)11(16)17-10-14(5)7-6-13(4,8-14)9-15/h6-10,15H2,1-5H3. The SMILES string of the molecule is CC1(CN)CCC(C)(COC(=O)C(C)(C)C)C1. The Balaban J connectivity index is 2.51. The Labute approximate surface area is 105 Å². The molecule has 2 unspecified atom stereocenters. The first-order valence-electron chi connectivity index (χ1n) is 6.48. The van der Waals surface area contributed by atoms with E-state index in [1.165, 1.54) is 0 Å². The highest BCUT2D eigenvalue weighted by molar-refractivity contribution is 5.75. The predicted octanol–water partition coefficient (Wildman–Crippen LogP) is 2.73. The van der Waals surface area contributed by atoms with Gasteiger partial charge in [-0.05, 0) is 52.0 Å². The Morgan fingerprint density at radius 2 is 1.76 bits per heavy atom. The van der Waals surface area contributed by atoms with Gasteiger partial charge in [-0.15, -0.1) is 0 Å². The van der Waals surface area contributed by atoms with Gasteiger partial charge in [-0.3, -0.25) is 4.79 Å². The lowest BCUT2D eigenvalue weighted by molar-refractivity contribution is -0.156. The minimum absolute atomic E-state index is 0.106. The molecular formula is C14H27NO2. The minimum Gasteiger partial charge on any atom is -0.465 e. The Morgan fingerprint density at radius 3 is 2.18 bits per heavy atom. The summed E-state index contributed by atoms with van der Waals surface area (Å²) in [6.07, 6.45) is 3.28. The number of ether oxygens (including phenoxy) is 1. The van der Waals surface area contributed by atoms with Crippen molar-refractivity contribution in [2.45, 2.75) is 53.9 Å². The third-order valence-corrected chi connectivity index (χ3v) is 3.84. The first-order chi connectivity index (χ1) is 7.60. The molecule has 0 aromatic carbocycles. The van der Waals surface area contributed by atoms with Crippen LogP contribution in [0, 0.1) is 16.2 Å². The van der Waals surface area contributed by atoms with Gasteiger partial charge in [0, 0.05) is 5.41 Å². The molecule has 2 N–H and O–H groups in total. The Hall–Kier alpha value is -0.570. The molecule has 0 saturated heterocycles. The van der Waals surface area contributed by atoms with Crippen molar-refractivity contribution in [1.82, 2.24) is 0 Å². The fraction of sp³-hybridized carbons (Fsp3) is 0.929. The largest absolute Gasteiger partial charge is 0.465 e. The monoisotopic (exact) mass is 241 g/mol. The molecule has 0 radical (unpaired) electrons. The summed E-state index contributed by atoms with van der Waals surface area (Å²) in [5.74, 6) is -0.111. The van der Waals surface area contributed by atoms with Crippen LogP contribution in [0.3, 0.4) is 0 Å². The van der Waals surface area contributed by atoms with Crippen LogP contribution < -0.4 is 5.73 Å². The van der Waals surface area contributed by atoms with Crippen LogP contribution in [0.15, 0.2) is 0 Å². The normalized spacial score (nSPS) is 33.8. The molecule has 0 aromatic rings. The van der Waals surface area contributed by atoms with E-state index >= 15 is 0 Å². The van der Waals surface area contributed by atoms with Gasteiger partial charge in [-0.1, -0.05) is 13.8 Å². The highest BCUT2D eigenvalue weighted by Crippen LogP contribution is 2.48. The summed E-state index contributed by atoms with van der Waals surface area (Å²) in [7, 11) is 0. The fourth-order valence-electron chi connectivity index (χ4n) is 2.56. The number of hydrogen-bond donors (Lipinski definition) is 1. The van der Waals surface area contributed by atoms with Crippen LogP contribution in [0.2, 0.25) is 0 Å². The zero-order valence-corrected chi connectivity index (χ0v) is 11.9. The van der Waals surface area contributed by atoms with Crippen molar-refractivity contribution in [1.29, 1.82) is 0 Å². The van der Waals surface area contributed by atoms with Gasteiger partial charge in [-0.2, -0.15) is 0 Å². The van der Waals surface area contributed by atoms with Gasteiger partial charge in [0.1, 0.15) is 0 Å². The van der Waals surface area contributed by atoms with E-state index in [0.717, 1.165) is 25.8 Å². The summed E-state index contributed by atoms with van der Waals surface area (Å²) in [5, 5.41) is 0. The number of nitrogens with two attached hydrogens (primary N) is 1. The smallest absolute Gasteiger partial charge is 0.311 e. The zero-order chi connectivity index (χ0) is 13.3. The van der Waals surface area contributed by atoms with Crippen LogP contribution in [0.25, 0.3) is 0 Å². The van der Waals surface area contributed by atoms with E-state index < -0.39 is 5.41 Å². The number of carbonyl (C=O) groups excluding carboxylic acids is 1. The summed E-state index contributed by atoms with van der Waals surface area (Å²) in [5.41, 5.74) is 5.73. The summed E-state index contributed by atoms with van der Waals surface area (Å²) in [6, 6.07) is 0. The predicted molar refractivity (Wildman–Crippen MR) is 69.5 cm³/mol. The van der Waals surface area contributed by atoms with Crippen molar-refractivity contribution in [3.63, 3.8) is 0 Å². The quantitative estimate of drug-likeness (QED) is 0.773. The Bertz CT molecular complexity index is 295. The lowest BCUT2D eigenvalue weighted by Crippen LogP contribution is -2.31. The third-order valence-electron chi connectivity index (χ3n) is 3.84. The van der Waals surface area contributed by atoms with Gasteiger partial charge >= 0.3 is 5.97 Å². The first-order valence-corrected chi connectivity index (χ1v) is 6.48. The Kier molecular flexibility index (Phi) is 3.92. The van der Waals surface area contributed by atoms with Gasteiger partial charge in [0.25, 0.3) is 0 Å². The first kappa shape index (κ1) is 14.5. The lowest BCUT2D eigenvalue weighted by atomic mass is 9.82. The topological polar surface area (TPSA) is 52.3 Å². The molecule has 17 heavy (non-hydrogen) atoms. The van der Waals surface area contributed by atoms with Crippen LogP contribution in [-0.2, 0) is 9.53 Å². The molecule has 0 aliphatic heterocycles. The van der Waals surface area contributed by atoms with E-state index in [0.29, 0.717) is 6.61 Å². The van der Waals surface area contributed by atoms with E-state index in [1.54, 1.807) is 0 Å². The van der Waals surface area contributed by atoms with Gasteiger partial charge < -0.3 is 10.5 Å². The highest BCUT2D eigenvalue weighted by atomic mass is 16.5. The maximum Gasteiger partial charge on any atom is 0.311 e. The van der Waals surface area contributed by atoms with Gasteiger partial charge in [-0.25, -0.2) is 0 Å². The molecule has 100 valence electrons. The molecule has 0 aromatic heterocycles. The maximum atomic E-state index is 11.7. The van der Waals surface area contributed by atoms with Gasteiger partial charge in [0.05, 0.1) is 12.0 Å². The lowest BCUT2D eigenvalue weighted by Gasteiger charge is -2.28. The zero-order valence-electron chi connectivity index (χ0n) is 11.9. The average molecular weight is 241 g/mol. The van der Waals surface area contributed by atoms with Gasteiger partial charge in [0.2, 0.25) is 0 Å². The highest BCUT2D eigenvalue weighted by Gasteiger charge is 2.43. The van der Waals surface area contributed by atoms with E-state index in [-0.39, 0.29) is 16.8 Å². The molecule has 1 saturated carbocycles. The van der Waals surface area contributed by atoms with Gasteiger partial charge in [0.15, 0.2) is 0 Å². The molecule has 0 spiro atoms. The molecule has 1 aliphatic rings. The average Bonchev–Trinajstić information content (AvgIpc) is 2.52. The summed E-state index contributed by atoms with van der Waals surface area (Å²) in [4.78, 5) is 11.7. The van der Waals surface area contributed by atoms with Crippen molar-refractivity contribution < 1.29 is 9.53 Å². The molecule has 1 rings (SSSR count). The van der Waals surface area contributed by atoms with Crippen molar-refractivity contribution in [3.05, 3.63) is 0 Å². The molecule has 0 heterocycles. The molecule has 2 atom stereocenters. The number of carbonyl (C=O) groups is 1. The Morgan fingerprint density at radius 1 is 1.24 bits per heavy atom. The number of rotatable bonds is 3. The van der Waals surface area contributed by atoms with Crippen LogP contribution in [0.4, 0.5) is 0 Å². The van der Waals surface area contributed by atoms with Crippen molar-refractivity contribution in [2.75, 3.05) is 13.2 Å². The molecular weight excluding hydrogens is 214 g/mol. The molecule has 3 nitrogen and oxygen atoms in total. The van der Waals surface area contributed by atoms with E-state index in [1.807, 2.05) is 20.8 Å². The maximum absolute atomic E-state index is 11.7. The van der Waals surface area contributed by atoms with Crippen molar-refractivity contribution >= 4 is 5.97 Å². The number of hydrogen-bond acceptors (Lipinski definition) is 3. The van der Waals surface area contributed by atoms with Crippen molar-refractivity contribution in [3.8, 4) is 0 Å². The molecule has 1 fully saturated rings. The molecule has 0 bridgehead atoms. The molecule has 0 amide bonds.